The number of benzene rings is 1. The molecule has 0 aliphatic carbocycles. The molecule has 0 saturated carbocycles. The molecule has 0 aliphatic rings. The van der Waals surface area contributed by atoms with Crippen molar-refractivity contribution in [2.45, 2.75) is 33.6 Å². The van der Waals surface area contributed by atoms with E-state index in [0.29, 0.717) is 5.41 Å². The molecule has 0 heterocycles. The summed E-state index contributed by atoms with van der Waals surface area (Å²) in [6.07, 6.45) is 2.32. The predicted molar refractivity (Wildman–Crippen MR) is 74.8 cm³/mol. The van der Waals surface area contributed by atoms with Gasteiger partial charge in [0.1, 0.15) is 0 Å². The van der Waals surface area contributed by atoms with E-state index in [1.165, 1.54) is 16.5 Å². The second-order valence-corrected chi connectivity index (χ2v) is 5.57. The summed E-state index contributed by atoms with van der Waals surface area (Å²) >= 11 is 3.63. The van der Waals surface area contributed by atoms with E-state index in [1.54, 1.807) is 0 Å². The van der Waals surface area contributed by atoms with Crippen LogP contribution < -0.4 is 5.32 Å². The van der Waals surface area contributed by atoms with Gasteiger partial charge in [-0.05, 0) is 36.4 Å². The zero-order valence-electron chi connectivity index (χ0n) is 10.5. The first-order valence-electron chi connectivity index (χ1n) is 6.05. The molecule has 1 aromatic carbocycles. The van der Waals surface area contributed by atoms with Crippen molar-refractivity contribution in [3.63, 3.8) is 0 Å². The Labute approximate surface area is 108 Å². The number of hydrogen-bond donors (Lipinski definition) is 1. The van der Waals surface area contributed by atoms with Crippen molar-refractivity contribution in [2.75, 3.05) is 13.1 Å². The fourth-order valence-corrected chi connectivity index (χ4v) is 2.27. The van der Waals surface area contributed by atoms with Gasteiger partial charge in [-0.25, -0.2) is 0 Å². The van der Waals surface area contributed by atoms with Gasteiger partial charge in [-0.15, -0.1) is 0 Å². The molecule has 0 fully saturated rings. The van der Waals surface area contributed by atoms with Gasteiger partial charge in [0, 0.05) is 11.0 Å². The normalized spacial score (nSPS) is 14.8. The summed E-state index contributed by atoms with van der Waals surface area (Å²) < 4.78 is 1.23. The van der Waals surface area contributed by atoms with Gasteiger partial charge in [0.2, 0.25) is 0 Å². The highest BCUT2D eigenvalue weighted by Crippen LogP contribution is 2.29. The Hall–Kier alpha value is -0.340. The summed E-state index contributed by atoms with van der Waals surface area (Å²) in [6, 6.07) is 8.52. The highest BCUT2D eigenvalue weighted by Gasteiger charge is 2.22. The predicted octanol–water partition coefficient (Wildman–Crippen LogP) is 4.02. The zero-order valence-corrected chi connectivity index (χ0v) is 12.1. The molecule has 1 nitrogen and oxygen atoms in total. The van der Waals surface area contributed by atoms with Gasteiger partial charge < -0.3 is 5.32 Å². The Kier molecular flexibility index (Phi) is 5.50. The standard InChI is InChI=1S/C14H22BrN/c1-4-14(3,11-16-5-2)10-12-8-6-7-9-13(12)15/h6-9,16H,4-5,10-11H2,1-3H3. The molecule has 90 valence electrons. The van der Waals surface area contributed by atoms with Crippen LogP contribution in [0.3, 0.4) is 0 Å². The Bertz CT molecular complexity index is 324. The van der Waals surface area contributed by atoms with Crippen LogP contribution in [-0.2, 0) is 6.42 Å². The van der Waals surface area contributed by atoms with E-state index in [0.717, 1.165) is 19.5 Å². The van der Waals surface area contributed by atoms with E-state index in [2.05, 4.69) is 66.3 Å². The van der Waals surface area contributed by atoms with Crippen LogP contribution in [-0.4, -0.2) is 13.1 Å². The van der Waals surface area contributed by atoms with Gasteiger partial charge in [-0.1, -0.05) is 54.9 Å². The lowest BCUT2D eigenvalue weighted by Gasteiger charge is -2.29. The van der Waals surface area contributed by atoms with E-state index in [4.69, 9.17) is 0 Å². The molecule has 0 amide bonds. The van der Waals surface area contributed by atoms with Crippen molar-refractivity contribution in [3.8, 4) is 0 Å². The van der Waals surface area contributed by atoms with Crippen LogP contribution in [0.25, 0.3) is 0 Å². The molecule has 1 unspecified atom stereocenters. The van der Waals surface area contributed by atoms with Crippen LogP contribution in [0, 0.1) is 5.41 Å². The first-order valence-corrected chi connectivity index (χ1v) is 6.84. The van der Waals surface area contributed by atoms with Gasteiger partial charge in [-0.3, -0.25) is 0 Å². The first kappa shape index (κ1) is 13.7. The molecule has 1 rings (SSSR count). The number of nitrogens with one attached hydrogen (secondary N) is 1. The average molecular weight is 284 g/mol. The molecular formula is C14H22BrN. The molecule has 1 atom stereocenters. The van der Waals surface area contributed by atoms with Crippen molar-refractivity contribution < 1.29 is 0 Å². The highest BCUT2D eigenvalue weighted by molar-refractivity contribution is 9.10. The van der Waals surface area contributed by atoms with Gasteiger partial charge in [-0.2, -0.15) is 0 Å². The Morgan fingerprint density at radius 1 is 1.25 bits per heavy atom. The van der Waals surface area contributed by atoms with Crippen molar-refractivity contribution >= 4 is 15.9 Å². The van der Waals surface area contributed by atoms with Gasteiger partial charge in [0.15, 0.2) is 0 Å². The average Bonchev–Trinajstić information content (AvgIpc) is 2.30. The largest absolute Gasteiger partial charge is 0.316 e. The van der Waals surface area contributed by atoms with Crippen LogP contribution in [0.15, 0.2) is 28.7 Å². The van der Waals surface area contributed by atoms with Crippen LogP contribution >= 0.6 is 15.9 Å². The third-order valence-electron chi connectivity index (χ3n) is 3.23. The molecule has 2 heteroatoms. The SMILES string of the molecule is CCNCC(C)(CC)Cc1ccccc1Br. The van der Waals surface area contributed by atoms with E-state index >= 15 is 0 Å². The molecule has 0 radical (unpaired) electrons. The van der Waals surface area contributed by atoms with Gasteiger partial charge >= 0.3 is 0 Å². The van der Waals surface area contributed by atoms with Gasteiger partial charge in [0.05, 0.1) is 0 Å². The molecule has 0 spiro atoms. The molecule has 16 heavy (non-hydrogen) atoms. The maximum Gasteiger partial charge on any atom is 0.0207 e. The maximum atomic E-state index is 3.63. The number of hydrogen-bond acceptors (Lipinski definition) is 1. The van der Waals surface area contributed by atoms with Crippen LogP contribution in [0.4, 0.5) is 0 Å². The summed E-state index contributed by atoms with van der Waals surface area (Å²) in [7, 11) is 0. The van der Waals surface area contributed by atoms with Gasteiger partial charge in [0.25, 0.3) is 0 Å². The smallest absolute Gasteiger partial charge is 0.0207 e. The molecule has 0 aromatic heterocycles. The molecule has 0 bridgehead atoms. The Morgan fingerprint density at radius 3 is 2.50 bits per heavy atom. The Balaban J connectivity index is 2.72. The lowest BCUT2D eigenvalue weighted by Crippen LogP contribution is -2.33. The molecule has 1 aromatic rings. The van der Waals surface area contributed by atoms with E-state index in [1.807, 2.05) is 0 Å². The lowest BCUT2D eigenvalue weighted by molar-refractivity contribution is 0.292. The molecule has 1 N–H and O–H groups in total. The zero-order chi connectivity index (χ0) is 12.0. The lowest BCUT2D eigenvalue weighted by atomic mass is 9.81. The minimum absolute atomic E-state index is 0.347. The maximum absolute atomic E-state index is 3.63. The highest BCUT2D eigenvalue weighted by atomic mass is 79.9. The second kappa shape index (κ2) is 6.41. The van der Waals surface area contributed by atoms with Crippen LogP contribution in [0.2, 0.25) is 0 Å². The van der Waals surface area contributed by atoms with Crippen LogP contribution in [0.1, 0.15) is 32.8 Å². The third kappa shape index (κ3) is 3.91. The van der Waals surface area contributed by atoms with Crippen molar-refractivity contribution in [3.05, 3.63) is 34.3 Å². The third-order valence-corrected chi connectivity index (χ3v) is 4.00. The summed E-state index contributed by atoms with van der Waals surface area (Å²) in [6.45, 7) is 8.92. The monoisotopic (exact) mass is 283 g/mol. The minimum atomic E-state index is 0.347. The molecule has 0 saturated heterocycles. The first-order chi connectivity index (χ1) is 7.61. The fraction of sp³-hybridized carbons (Fsp3) is 0.571. The number of rotatable bonds is 6. The summed E-state index contributed by atoms with van der Waals surface area (Å²) in [5, 5.41) is 3.46. The Morgan fingerprint density at radius 2 is 1.94 bits per heavy atom. The fourth-order valence-electron chi connectivity index (χ4n) is 1.84. The van der Waals surface area contributed by atoms with Crippen molar-refractivity contribution in [2.24, 2.45) is 5.41 Å². The molecule has 0 aliphatic heterocycles. The summed E-state index contributed by atoms with van der Waals surface area (Å²) in [5.74, 6) is 0. The van der Waals surface area contributed by atoms with Crippen molar-refractivity contribution in [1.82, 2.24) is 5.32 Å². The van der Waals surface area contributed by atoms with Crippen molar-refractivity contribution in [1.29, 1.82) is 0 Å². The molecular weight excluding hydrogens is 262 g/mol. The summed E-state index contributed by atoms with van der Waals surface area (Å²) in [5.41, 5.74) is 1.75. The van der Waals surface area contributed by atoms with Crippen LogP contribution in [0.5, 0.6) is 0 Å². The minimum Gasteiger partial charge on any atom is -0.316 e. The van der Waals surface area contributed by atoms with E-state index < -0.39 is 0 Å². The topological polar surface area (TPSA) is 12.0 Å². The van der Waals surface area contributed by atoms with E-state index in [-0.39, 0.29) is 0 Å². The number of halogens is 1. The summed E-state index contributed by atoms with van der Waals surface area (Å²) in [4.78, 5) is 0. The quantitative estimate of drug-likeness (QED) is 0.832. The van der Waals surface area contributed by atoms with E-state index in [9.17, 15) is 0 Å². The second-order valence-electron chi connectivity index (χ2n) is 4.71.